The number of rotatable bonds is 7. The average molecular weight is 222 g/mol. The number of nitrogens with two attached hydrogens (primary N) is 1. The molecule has 0 aliphatic carbocycles. The van der Waals surface area contributed by atoms with Gasteiger partial charge in [-0.05, 0) is 32.3 Å². The van der Waals surface area contributed by atoms with E-state index in [0.29, 0.717) is 0 Å². The van der Waals surface area contributed by atoms with E-state index in [4.69, 9.17) is 10.6 Å². The maximum Gasteiger partial charge on any atom is 0.0713 e. The molecule has 0 heterocycles. The highest BCUT2D eigenvalue weighted by molar-refractivity contribution is 5.14. The smallest absolute Gasteiger partial charge is 0.0713 e. The van der Waals surface area contributed by atoms with E-state index in [0.717, 1.165) is 19.4 Å². The summed E-state index contributed by atoms with van der Waals surface area (Å²) in [6, 6.07) is 10.6. The number of ether oxygens (including phenoxy) is 1. The zero-order valence-electron chi connectivity index (χ0n) is 10.1. The Morgan fingerprint density at radius 3 is 2.56 bits per heavy atom. The highest BCUT2D eigenvalue weighted by Gasteiger charge is 2.15. The summed E-state index contributed by atoms with van der Waals surface area (Å²) in [5.41, 5.74) is 4.17. The van der Waals surface area contributed by atoms with Crippen LogP contribution in [-0.2, 0) is 11.2 Å². The zero-order valence-corrected chi connectivity index (χ0v) is 10.1. The molecule has 16 heavy (non-hydrogen) atoms. The molecule has 3 N–H and O–H groups in total. The van der Waals surface area contributed by atoms with Crippen LogP contribution in [0.1, 0.15) is 25.8 Å². The second-order valence-electron chi connectivity index (χ2n) is 3.96. The van der Waals surface area contributed by atoms with Gasteiger partial charge in [-0.2, -0.15) is 0 Å². The van der Waals surface area contributed by atoms with E-state index in [1.54, 1.807) is 0 Å². The van der Waals surface area contributed by atoms with Gasteiger partial charge in [0.15, 0.2) is 0 Å². The first kappa shape index (κ1) is 13.2. The number of hydrogen-bond acceptors (Lipinski definition) is 3. The molecule has 1 aromatic carbocycles. The van der Waals surface area contributed by atoms with E-state index in [-0.39, 0.29) is 12.1 Å². The van der Waals surface area contributed by atoms with E-state index in [1.165, 1.54) is 5.56 Å². The fraction of sp³-hybridized carbons (Fsp3) is 0.538. The molecule has 0 fully saturated rings. The molecule has 1 rings (SSSR count). The minimum absolute atomic E-state index is 0.152. The Kier molecular flexibility index (Phi) is 6.08. The van der Waals surface area contributed by atoms with Crippen molar-refractivity contribution in [2.24, 2.45) is 5.84 Å². The minimum Gasteiger partial charge on any atom is -0.377 e. The first-order chi connectivity index (χ1) is 7.77. The van der Waals surface area contributed by atoms with E-state index in [2.05, 4.69) is 36.6 Å². The Hall–Kier alpha value is -0.900. The molecule has 0 radical (unpaired) electrons. The van der Waals surface area contributed by atoms with Crippen LogP contribution in [0.2, 0.25) is 0 Å². The molecule has 0 aliphatic rings. The monoisotopic (exact) mass is 222 g/mol. The van der Waals surface area contributed by atoms with Crippen molar-refractivity contribution in [3.63, 3.8) is 0 Å². The Morgan fingerprint density at radius 1 is 1.31 bits per heavy atom. The lowest BCUT2D eigenvalue weighted by atomic mass is 10.0. The van der Waals surface area contributed by atoms with Crippen LogP contribution in [0, 0.1) is 0 Å². The molecule has 0 aromatic heterocycles. The van der Waals surface area contributed by atoms with Crippen molar-refractivity contribution in [1.29, 1.82) is 0 Å². The van der Waals surface area contributed by atoms with Crippen molar-refractivity contribution in [1.82, 2.24) is 5.43 Å². The number of nitrogens with one attached hydrogen (secondary N) is 1. The third kappa shape index (κ3) is 4.31. The Balaban J connectivity index is 2.39. The lowest BCUT2D eigenvalue weighted by molar-refractivity contribution is 0.0453. The van der Waals surface area contributed by atoms with Crippen molar-refractivity contribution in [3.8, 4) is 0 Å². The third-order valence-electron chi connectivity index (χ3n) is 2.80. The highest BCUT2D eigenvalue weighted by Crippen LogP contribution is 2.08. The molecular formula is C13H22N2O. The fourth-order valence-electron chi connectivity index (χ4n) is 1.80. The maximum atomic E-state index is 5.54. The van der Waals surface area contributed by atoms with Crippen LogP contribution in [0.25, 0.3) is 0 Å². The number of aryl methyl sites for hydroxylation is 1. The molecule has 0 saturated heterocycles. The van der Waals surface area contributed by atoms with Gasteiger partial charge < -0.3 is 4.74 Å². The van der Waals surface area contributed by atoms with Gasteiger partial charge in [0.05, 0.1) is 6.10 Å². The molecule has 0 saturated carbocycles. The van der Waals surface area contributed by atoms with E-state index in [1.807, 2.05) is 13.0 Å². The zero-order chi connectivity index (χ0) is 11.8. The average Bonchev–Trinajstić information content (AvgIpc) is 2.31. The van der Waals surface area contributed by atoms with Crippen LogP contribution < -0.4 is 11.3 Å². The summed E-state index contributed by atoms with van der Waals surface area (Å²) < 4.78 is 5.54. The summed E-state index contributed by atoms with van der Waals surface area (Å²) in [5, 5.41) is 0. The summed E-state index contributed by atoms with van der Waals surface area (Å²) in [6.45, 7) is 4.78. The van der Waals surface area contributed by atoms with Crippen molar-refractivity contribution >= 4 is 0 Å². The van der Waals surface area contributed by atoms with Crippen LogP contribution >= 0.6 is 0 Å². The summed E-state index contributed by atoms with van der Waals surface area (Å²) in [7, 11) is 0. The Morgan fingerprint density at radius 2 is 2.00 bits per heavy atom. The summed E-state index contributed by atoms with van der Waals surface area (Å²) >= 11 is 0. The lowest BCUT2D eigenvalue weighted by Gasteiger charge is -2.23. The molecule has 2 atom stereocenters. The van der Waals surface area contributed by atoms with Gasteiger partial charge in [0.25, 0.3) is 0 Å². The first-order valence-corrected chi connectivity index (χ1v) is 5.89. The maximum absolute atomic E-state index is 5.54. The second-order valence-corrected chi connectivity index (χ2v) is 3.96. The molecule has 3 heteroatoms. The van der Waals surface area contributed by atoms with Crippen LogP contribution in [-0.4, -0.2) is 18.8 Å². The van der Waals surface area contributed by atoms with E-state index in [9.17, 15) is 0 Å². The van der Waals surface area contributed by atoms with Gasteiger partial charge in [-0.1, -0.05) is 30.3 Å². The topological polar surface area (TPSA) is 47.3 Å². The van der Waals surface area contributed by atoms with Gasteiger partial charge >= 0.3 is 0 Å². The van der Waals surface area contributed by atoms with Gasteiger partial charge in [0.2, 0.25) is 0 Å². The predicted octanol–water partition coefficient (Wildman–Crippen LogP) is 1.88. The molecule has 3 nitrogen and oxygen atoms in total. The van der Waals surface area contributed by atoms with Gasteiger partial charge in [0, 0.05) is 12.6 Å². The molecule has 0 amide bonds. The molecule has 0 aliphatic heterocycles. The Bertz CT molecular complexity index is 277. The molecule has 0 bridgehead atoms. The number of benzene rings is 1. The Labute approximate surface area is 98.0 Å². The first-order valence-electron chi connectivity index (χ1n) is 5.89. The van der Waals surface area contributed by atoms with Crippen LogP contribution in [0.3, 0.4) is 0 Å². The van der Waals surface area contributed by atoms with Gasteiger partial charge in [-0.25, -0.2) is 0 Å². The van der Waals surface area contributed by atoms with Crippen molar-refractivity contribution in [2.75, 3.05) is 6.61 Å². The largest absolute Gasteiger partial charge is 0.377 e. The highest BCUT2D eigenvalue weighted by atomic mass is 16.5. The molecular weight excluding hydrogens is 200 g/mol. The van der Waals surface area contributed by atoms with Gasteiger partial charge in [0.1, 0.15) is 0 Å². The summed E-state index contributed by atoms with van der Waals surface area (Å²) in [4.78, 5) is 0. The number of hydrazine groups is 1. The van der Waals surface area contributed by atoms with Crippen LogP contribution in [0.5, 0.6) is 0 Å². The quantitative estimate of drug-likeness (QED) is 0.547. The normalized spacial score (nSPS) is 14.7. The van der Waals surface area contributed by atoms with E-state index < -0.39 is 0 Å². The second kappa shape index (κ2) is 7.39. The number of hydrogen-bond donors (Lipinski definition) is 2. The van der Waals surface area contributed by atoms with Crippen molar-refractivity contribution in [2.45, 2.75) is 38.8 Å². The van der Waals surface area contributed by atoms with Gasteiger partial charge in [-0.3, -0.25) is 11.3 Å². The third-order valence-corrected chi connectivity index (χ3v) is 2.80. The minimum atomic E-state index is 0.152. The van der Waals surface area contributed by atoms with E-state index >= 15 is 0 Å². The molecule has 1 aromatic rings. The van der Waals surface area contributed by atoms with Crippen LogP contribution in [0.4, 0.5) is 0 Å². The summed E-state index contributed by atoms with van der Waals surface area (Å²) in [6.07, 6.45) is 2.16. The fourth-order valence-corrected chi connectivity index (χ4v) is 1.80. The van der Waals surface area contributed by atoms with Crippen LogP contribution in [0.15, 0.2) is 30.3 Å². The molecule has 0 spiro atoms. The van der Waals surface area contributed by atoms with Crippen molar-refractivity contribution < 1.29 is 4.74 Å². The lowest BCUT2D eigenvalue weighted by Crippen LogP contribution is -2.44. The van der Waals surface area contributed by atoms with Crippen molar-refractivity contribution in [3.05, 3.63) is 35.9 Å². The SMILES string of the molecule is CCOC(C)C(CCc1ccccc1)NN. The molecule has 90 valence electrons. The predicted molar refractivity (Wildman–Crippen MR) is 67.0 cm³/mol. The van der Waals surface area contributed by atoms with Gasteiger partial charge in [-0.15, -0.1) is 0 Å². The molecule has 2 unspecified atom stereocenters. The summed E-state index contributed by atoms with van der Waals surface area (Å²) in [5.74, 6) is 5.54. The standard InChI is InChI=1S/C13H22N2O/c1-3-16-11(2)13(15-14)10-9-12-7-5-4-6-8-12/h4-8,11,13,15H,3,9-10,14H2,1-2H3.